The van der Waals surface area contributed by atoms with Crippen molar-refractivity contribution in [2.45, 2.75) is 39.7 Å². The van der Waals surface area contributed by atoms with Crippen LogP contribution in [0.1, 0.15) is 43.8 Å². The van der Waals surface area contributed by atoms with Gasteiger partial charge in [0.15, 0.2) is 15.4 Å². The van der Waals surface area contributed by atoms with Crippen LogP contribution in [0.25, 0.3) is 10.8 Å². The number of aromatic nitrogens is 1. The lowest BCUT2D eigenvalue weighted by atomic mass is 9.76. The van der Waals surface area contributed by atoms with E-state index in [-0.39, 0.29) is 5.41 Å². The van der Waals surface area contributed by atoms with Crippen LogP contribution >= 0.6 is 43.2 Å². The number of fused-ring (bicyclic) bond motifs is 1. The molecule has 1 N–H and O–H groups in total. The first kappa shape index (κ1) is 15.7. The third-order valence-corrected chi connectivity index (χ3v) is 6.69. The molecule has 6 heteroatoms. The minimum atomic E-state index is 0.287. The predicted molar refractivity (Wildman–Crippen MR) is 93.7 cm³/mol. The Morgan fingerprint density at radius 1 is 1.48 bits per heavy atom. The number of nitrogens with one attached hydrogen (secondary N) is 1. The second-order valence-corrected chi connectivity index (χ2v) is 8.82. The van der Waals surface area contributed by atoms with E-state index in [2.05, 4.69) is 57.9 Å². The Morgan fingerprint density at radius 2 is 2.24 bits per heavy atom. The number of thiazole rings is 1. The van der Waals surface area contributed by atoms with Crippen LogP contribution in [-0.4, -0.2) is 11.5 Å². The van der Waals surface area contributed by atoms with E-state index in [1.165, 1.54) is 10.6 Å². The first-order valence-corrected chi connectivity index (χ1v) is 9.48. The third-order valence-electron chi connectivity index (χ3n) is 3.75. The quantitative estimate of drug-likeness (QED) is 0.689. The molecular weight excluding hydrogens is 416 g/mol. The molecule has 21 heavy (non-hydrogen) atoms. The Labute approximate surface area is 145 Å². The van der Waals surface area contributed by atoms with E-state index in [1.54, 1.807) is 11.3 Å². The molecule has 0 saturated carbocycles. The van der Waals surface area contributed by atoms with Crippen LogP contribution in [0.15, 0.2) is 19.6 Å². The largest absolute Gasteiger partial charge is 0.446 e. The van der Waals surface area contributed by atoms with E-state index >= 15 is 0 Å². The van der Waals surface area contributed by atoms with Crippen LogP contribution in [0, 0.1) is 5.41 Å². The van der Waals surface area contributed by atoms with Crippen LogP contribution in [0.3, 0.4) is 0 Å². The summed E-state index contributed by atoms with van der Waals surface area (Å²) in [5.74, 6) is 0.821. The van der Waals surface area contributed by atoms with E-state index in [0.29, 0.717) is 10.7 Å². The van der Waals surface area contributed by atoms with Gasteiger partial charge in [-0.15, -0.1) is 11.3 Å². The van der Waals surface area contributed by atoms with Crippen molar-refractivity contribution in [3.8, 4) is 10.8 Å². The molecule has 2 heterocycles. The van der Waals surface area contributed by atoms with E-state index in [0.717, 1.165) is 34.6 Å². The Kier molecular flexibility index (Phi) is 4.34. The zero-order valence-electron chi connectivity index (χ0n) is 12.3. The summed E-state index contributed by atoms with van der Waals surface area (Å²) in [6.45, 7) is 7.77. The summed E-state index contributed by atoms with van der Waals surface area (Å²) >= 11 is 8.60. The molecule has 1 unspecified atom stereocenters. The molecule has 2 aromatic heterocycles. The van der Waals surface area contributed by atoms with Crippen molar-refractivity contribution < 1.29 is 4.42 Å². The van der Waals surface area contributed by atoms with Crippen molar-refractivity contribution in [2.24, 2.45) is 5.41 Å². The maximum atomic E-state index is 5.72. The van der Waals surface area contributed by atoms with Gasteiger partial charge in [-0.1, -0.05) is 20.8 Å². The molecule has 0 amide bonds. The highest BCUT2D eigenvalue weighted by Crippen LogP contribution is 2.45. The summed E-state index contributed by atoms with van der Waals surface area (Å²) in [4.78, 5) is 6.22. The van der Waals surface area contributed by atoms with Crippen LogP contribution < -0.4 is 5.32 Å². The predicted octanol–water partition coefficient (Wildman–Crippen LogP) is 5.55. The fourth-order valence-electron chi connectivity index (χ4n) is 2.90. The lowest BCUT2D eigenvalue weighted by molar-refractivity contribution is 0.260. The molecule has 0 fully saturated rings. The lowest BCUT2D eigenvalue weighted by Gasteiger charge is -2.34. The van der Waals surface area contributed by atoms with Gasteiger partial charge in [-0.3, -0.25) is 0 Å². The molecule has 3 rings (SSSR count). The Bertz CT molecular complexity index is 643. The number of rotatable bonds is 3. The van der Waals surface area contributed by atoms with Gasteiger partial charge in [-0.2, -0.15) is 0 Å². The van der Waals surface area contributed by atoms with Crippen LogP contribution in [0.5, 0.6) is 0 Å². The van der Waals surface area contributed by atoms with Crippen molar-refractivity contribution >= 4 is 43.2 Å². The molecule has 1 atom stereocenters. The smallest absolute Gasteiger partial charge is 0.184 e. The second-order valence-electron chi connectivity index (χ2n) is 6.22. The maximum Gasteiger partial charge on any atom is 0.184 e. The third kappa shape index (κ3) is 3.14. The van der Waals surface area contributed by atoms with Crippen molar-refractivity contribution in [1.29, 1.82) is 0 Å². The molecule has 0 spiro atoms. The van der Waals surface area contributed by atoms with Crippen molar-refractivity contribution in [3.63, 3.8) is 0 Å². The average molecular weight is 434 g/mol. The fraction of sp³-hybridized carbons (Fsp3) is 0.533. The minimum Gasteiger partial charge on any atom is -0.446 e. The number of furan rings is 1. The van der Waals surface area contributed by atoms with Gasteiger partial charge in [0.1, 0.15) is 0 Å². The van der Waals surface area contributed by atoms with E-state index in [4.69, 9.17) is 9.40 Å². The molecule has 114 valence electrons. The molecule has 2 aromatic rings. The summed E-state index contributed by atoms with van der Waals surface area (Å²) in [7, 11) is 0. The van der Waals surface area contributed by atoms with E-state index in [1.807, 2.05) is 6.07 Å². The maximum absolute atomic E-state index is 5.72. The van der Waals surface area contributed by atoms with Gasteiger partial charge >= 0.3 is 0 Å². The van der Waals surface area contributed by atoms with Gasteiger partial charge < -0.3 is 9.73 Å². The standard InChI is InChI=1S/C15H18Br2N2OS/c1-4-18-9-6-15(2,3)7-10-12(9)21-14(19-10)11-5-8(16)13(17)20-11/h5,9,18H,4,6-7H2,1-3H3. The monoisotopic (exact) mass is 432 g/mol. The van der Waals surface area contributed by atoms with Gasteiger partial charge in [-0.05, 0) is 56.7 Å². The van der Waals surface area contributed by atoms with E-state index in [9.17, 15) is 0 Å². The molecule has 0 radical (unpaired) electrons. The summed E-state index contributed by atoms with van der Waals surface area (Å²) in [6.07, 6.45) is 2.19. The number of hydrogen-bond acceptors (Lipinski definition) is 4. The summed E-state index contributed by atoms with van der Waals surface area (Å²) < 4.78 is 7.36. The number of hydrogen-bond donors (Lipinski definition) is 1. The normalized spacial score (nSPS) is 20.5. The molecule has 0 saturated heterocycles. The van der Waals surface area contributed by atoms with Gasteiger partial charge in [-0.25, -0.2) is 4.98 Å². The fourth-order valence-corrected chi connectivity index (χ4v) is 4.59. The molecule has 0 bridgehead atoms. The van der Waals surface area contributed by atoms with Crippen molar-refractivity contribution in [2.75, 3.05) is 6.54 Å². The molecule has 1 aliphatic carbocycles. The van der Waals surface area contributed by atoms with E-state index < -0.39 is 0 Å². The lowest BCUT2D eigenvalue weighted by Crippen LogP contribution is -2.32. The Hall–Kier alpha value is -0.170. The number of halogens is 2. The summed E-state index contributed by atoms with van der Waals surface area (Å²) in [5.41, 5.74) is 1.51. The average Bonchev–Trinajstić information content (AvgIpc) is 2.93. The van der Waals surface area contributed by atoms with Crippen LogP contribution in [-0.2, 0) is 6.42 Å². The topological polar surface area (TPSA) is 38.1 Å². The van der Waals surface area contributed by atoms with Gasteiger partial charge in [0.05, 0.1) is 10.2 Å². The van der Waals surface area contributed by atoms with Gasteiger partial charge in [0, 0.05) is 17.0 Å². The first-order valence-electron chi connectivity index (χ1n) is 7.08. The van der Waals surface area contributed by atoms with Crippen LogP contribution in [0.4, 0.5) is 0 Å². The highest BCUT2D eigenvalue weighted by atomic mass is 79.9. The molecule has 1 aliphatic rings. The Balaban J connectivity index is 2.01. The SMILES string of the molecule is CCNC1CC(C)(C)Cc2nc(-c3cc(Br)c(Br)o3)sc21. The van der Waals surface area contributed by atoms with Gasteiger partial charge in [0.25, 0.3) is 0 Å². The zero-order valence-corrected chi connectivity index (χ0v) is 16.3. The molecule has 0 aliphatic heterocycles. The molecule has 0 aromatic carbocycles. The summed E-state index contributed by atoms with van der Waals surface area (Å²) in [5, 5.41) is 4.56. The van der Waals surface area contributed by atoms with Gasteiger partial charge in [0.2, 0.25) is 0 Å². The van der Waals surface area contributed by atoms with Crippen molar-refractivity contribution in [3.05, 3.63) is 25.8 Å². The molecule has 3 nitrogen and oxygen atoms in total. The molecular formula is C15H18Br2N2OS. The zero-order chi connectivity index (χ0) is 15.2. The Morgan fingerprint density at radius 3 is 2.86 bits per heavy atom. The summed E-state index contributed by atoms with van der Waals surface area (Å²) in [6, 6.07) is 2.38. The highest BCUT2D eigenvalue weighted by molar-refractivity contribution is 9.13. The minimum absolute atomic E-state index is 0.287. The second kappa shape index (κ2) is 5.80. The van der Waals surface area contributed by atoms with Crippen molar-refractivity contribution in [1.82, 2.24) is 10.3 Å². The first-order chi connectivity index (χ1) is 9.89. The number of nitrogens with zero attached hydrogens (tertiary/aromatic N) is 1. The van der Waals surface area contributed by atoms with Crippen LogP contribution in [0.2, 0.25) is 0 Å². The highest BCUT2D eigenvalue weighted by Gasteiger charge is 2.35.